The summed E-state index contributed by atoms with van der Waals surface area (Å²) in [6.07, 6.45) is 0.758. The number of ether oxygens (including phenoxy) is 3. The molecule has 3 aromatic rings. The number of nitrogens with one attached hydrogen (secondary N) is 1. The van der Waals surface area contributed by atoms with Crippen molar-refractivity contribution in [1.29, 1.82) is 0 Å². The van der Waals surface area contributed by atoms with Crippen LogP contribution in [0.5, 0.6) is 17.2 Å². The molecule has 2 heterocycles. The van der Waals surface area contributed by atoms with Crippen molar-refractivity contribution >= 4 is 5.95 Å². The zero-order valence-corrected chi connectivity index (χ0v) is 15.4. The van der Waals surface area contributed by atoms with Crippen LogP contribution in [0.3, 0.4) is 0 Å². The lowest BCUT2D eigenvalue weighted by atomic mass is 9.92. The van der Waals surface area contributed by atoms with Crippen LogP contribution in [0.1, 0.15) is 29.6 Å². The Labute approximate surface area is 157 Å². The van der Waals surface area contributed by atoms with Gasteiger partial charge in [0, 0.05) is 5.56 Å². The van der Waals surface area contributed by atoms with E-state index in [0.29, 0.717) is 5.95 Å². The minimum absolute atomic E-state index is 0.0512. The molecule has 1 N–H and O–H groups in total. The fourth-order valence-electron chi connectivity index (χ4n) is 3.45. The average molecular weight is 367 g/mol. The number of tetrazole rings is 1. The minimum atomic E-state index is -0.0894. The van der Waals surface area contributed by atoms with E-state index in [9.17, 15) is 0 Å². The summed E-state index contributed by atoms with van der Waals surface area (Å²) in [5.74, 6) is 2.99. The van der Waals surface area contributed by atoms with Gasteiger partial charge in [-0.1, -0.05) is 17.2 Å². The predicted octanol–water partition coefficient (Wildman–Crippen LogP) is 2.85. The Balaban J connectivity index is 1.74. The zero-order chi connectivity index (χ0) is 18.8. The van der Waals surface area contributed by atoms with Crippen LogP contribution in [0.15, 0.2) is 42.5 Å². The summed E-state index contributed by atoms with van der Waals surface area (Å²) in [6.45, 7) is 0. The third kappa shape index (κ3) is 3.14. The first-order chi connectivity index (χ1) is 13.2. The molecule has 1 aliphatic rings. The smallest absolute Gasteiger partial charge is 0.243 e. The first-order valence-corrected chi connectivity index (χ1v) is 8.63. The standard InChI is InChI=1S/C19H21N5O3/c1-25-13-6-4-12(5-7-13)16-11-17(24-19(20-16)21-22-23-24)15-10-14(26-2)8-9-18(15)27-3/h4-10,16-17H,11H2,1-3H3,(H,20,21,23)/t16-,17+/m0/s1. The van der Waals surface area contributed by atoms with Crippen LogP contribution in [0.4, 0.5) is 5.95 Å². The molecule has 4 rings (SSSR count). The van der Waals surface area contributed by atoms with Gasteiger partial charge < -0.3 is 19.5 Å². The van der Waals surface area contributed by atoms with Crippen LogP contribution >= 0.6 is 0 Å². The second-order valence-electron chi connectivity index (χ2n) is 6.28. The SMILES string of the molecule is COc1ccc([C@@H]2C[C@H](c3cc(OC)ccc3OC)n3nnnc3N2)cc1. The summed E-state index contributed by atoms with van der Waals surface area (Å²) in [6, 6.07) is 13.7. The van der Waals surface area contributed by atoms with Gasteiger partial charge in [0.15, 0.2) is 0 Å². The molecular formula is C19H21N5O3. The normalized spacial score (nSPS) is 18.3. The van der Waals surface area contributed by atoms with E-state index in [-0.39, 0.29) is 12.1 Å². The Kier molecular flexibility index (Phi) is 4.53. The maximum absolute atomic E-state index is 5.59. The van der Waals surface area contributed by atoms with Crippen molar-refractivity contribution in [3.05, 3.63) is 53.6 Å². The first kappa shape index (κ1) is 17.1. The lowest BCUT2D eigenvalue weighted by molar-refractivity contribution is 0.371. The van der Waals surface area contributed by atoms with Crippen LogP contribution in [0.25, 0.3) is 0 Å². The molecule has 0 saturated heterocycles. The molecule has 8 nitrogen and oxygen atoms in total. The third-order valence-electron chi connectivity index (χ3n) is 4.86. The van der Waals surface area contributed by atoms with Gasteiger partial charge in [-0.15, -0.1) is 0 Å². The summed E-state index contributed by atoms with van der Waals surface area (Å²) in [5, 5.41) is 15.6. The van der Waals surface area contributed by atoms with Crippen molar-refractivity contribution in [2.75, 3.05) is 26.6 Å². The highest BCUT2D eigenvalue weighted by molar-refractivity contribution is 5.46. The van der Waals surface area contributed by atoms with E-state index in [1.807, 2.05) is 30.3 Å². The van der Waals surface area contributed by atoms with Gasteiger partial charge >= 0.3 is 0 Å². The molecule has 0 radical (unpaired) electrons. The monoisotopic (exact) mass is 367 g/mol. The number of anilines is 1. The van der Waals surface area contributed by atoms with Crippen LogP contribution in [0, 0.1) is 0 Å². The topological polar surface area (TPSA) is 83.3 Å². The molecule has 0 unspecified atom stereocenters. The predicted molar refractivity (Wildman–Crippen MR) is 99.5 cm³/mol. The van der Waals surface area contributed by atoms with Gasteiger partial charge in [0.1, 0.15) is 17.2 Å². The number of hydrogen-bond acceptors (Lipinski definition) is 7. The lowest BCUT2D eigenvalue weighted by Crippen LogP contribution is -2.28. The van der Waals surface area contributed by atoms with Gasteiger partial charge in [0.05, 0.1) is 33.4 Å². The Hall–Kier alpha value is -3.29. The van der Waals surface area contributed by atoms with Crippen molar-refractivity contribution in [3.8, 4) is 17.2 Å². The highest BCUT2D eigenvalue weighted by atomic mass is 16.5. The van der Waals surface area contributed by atoms with Gasteiger partial charge in [0.25, 0.3) is 0 Å². The summed E-state index contributed by atoms with van der Waals surface area (Å²) in [5.41, 5.74) is 2.11. The number of hydrogen-bond donors (Lipinski definition) is 1. The highest BCUT2D eigenvalue weighted by Gasteiger charge is 2.32. The molecule has 8 heteroatoms. The molecule has 2 atom stereocenters. The van der Waals surface area contributed by atoms with E-state index in [1.54, 1.807) is 26.0 Å². The van der Waals surface area contributed by atoms with Gasteiger partial charge in [-0.3, -0.25) is 0 Å². The maximum atomic E-state index is 5.59. The second-order valence-corrected chi connectivity index (χ2v) is 6.28. The largest absolute Gasteiger partial charge is 0.497 e. The number of aromatic nitrogens is 4. The lowest BCUT2D eigenvalue weighted by Gasteiger charge is -2.31. The molecule has 0 spiro atoms. The summed E-state index contributed by atoms with van der Waals surface area (Å²) < 4.78 is 18.0. The van der Waals surface area contributed by atoms with Crippen molar-refractivity contribution in [2.24, 2.45) is 0 Å². The Morgan fingerprint density at radius 3 is 2.41 bits per heavy atom. The molecular weight excluding hydrogens is 346 g/mol. The number of rotatable bonds is 5. The fraction of sp³-hybridized carbons (Fsp3) is 0.316. The van der Waals surface area contributed by atoms with Crippen LogP contribution < -0.4 is 19.5 Å². The zero-order valence-electron chi connectivity index (χ0n) is 15.4. The summed E-state index contributed by atoms with van der Waals surface area (Å²) in [4.78, 5) is 0. The van der Waals surface area contributed by atoms with Crippen LogP contribution in [-0.4, -0.2) is 41.5 Å². The van der Waals surface area contributed by atoms with Gasteiger partial charge in [-0.05, 0) is 52.7 Å². The molecule has 0 bridgehead atoms. The molecule has 1 aliphatic heterocycles. The highest BCUT2D eigenvalue weighted by Crippen LogP contribution is 2.41. The summed E-state index contributed by atoms with van der Waals surface area (Å²) in [7, 11) is 4.97. The fourth-order valence-corrected chi connectivity index (χ4v) is 3.45. The van der Waals surface area contributed by atoms with Crippen LogP contribution in [-0.2, 0) is 0 Å². The summed E-state index contributed by atoms with van der Waals surface area (Å²) >= 11 is 0. The van der Waals surface area contributed by atoms with E-state index in [4.69, 9.17) is 14.2 Å². The van der Waals surface area contributed by atoms with Crippen molar-refractivity contribution in [1.82, 2.24) is 20.2 Å². The average Bonchev–Trinajstić information content (AvgIpc) is 3.21. The number of methoxy groups -OCH3 is 3. The number of fused-ring (bicyclic) bond motifs is 1. The molecule has 0 saturated carbocycles. The molecule has 2 aromatic carbocycles. The number of nitrogens with zero attached hydrogens (tertiary/aromatic N) is 4. The van der Waals surface area contributed by atoms with E-state index in [0.717, 1.165) is 34.8 Å². The molecule has 140 valence electrons. The Bertz CT molecular complexity index is 925. The molecule has 27 heavy (non-hydrogen) atoms. The van der Waals surface area contributed by atoms with E-state index in [2.05, 4.69) is 33.0 Å². The van der Waals surface area contributed by atoms with Gasteiger partial charge in [-0.2, -0.15) is 0 Å². The second kappa shape index (κ2) is 7.14. The Morgan fingerprint density at radius 1 is 0.963 bits per heavy atom. The van der Waals surface area contributed by atoms with E-state index >= 15 is 0 Å². The minimum Gasteiger partial charge on any atom is -0.497 e. The van der Waals surface area contributed by atoms with Crippen molar-refractivity contribution in [2.45, 2.75) is 18.5 Å². The number of benzene rings is 2. The quantitative estimate of drug-likeness (QED) is 0.742. The van der Waals surface area contributed by atoms with Crippen molar-refractivity contribution < 1.29 is 14.2 Å². The Morgan fingerprint density at radius 2 is 1.70 bits per heavy atom. The molecule has 1 aromatic heterocycles. The van der Waals surface area contributed by atoms with Gasteiger partial charge in [0.2, 0.25) is 5.95 Å². The van der Waals surface area contributed by atoms with Crippen molar-refractivity contribution in [3.63, 3.8) is 0 Å². The van der Waals surface area contributed by atoms with Crippen LogP contribution in [0.2, 0.25) is 0 Å². The first-order valence-electron chi connectivity index (χ1n) is 8.63. The molecule has 0 amide bonds. The third-order valence-corrected chi connectivity index (χ3v) is 4.86. The van der Waals surface area contributed by atoms with E-state index < -0.39 is 0 Å². The van der Waals surface area contributed by atoms with Gasteiger partial charge in [-0.25, -0.2) is 4.68 Å². The molecule has 0 aliphatic carbocycles. The molecule has 0 fully saturated rings. The maximum Gasteiger partial charge on any atom is 0.243 e. The van der Waals surface area contributed by atoms with E-state index in [1.165, 1.54) is 0 Å².